The van der Waals surface area contributed by atoms with E-state index >= 15 is 0 Å². The number of allylic oxidation sites excluding steroid dienone is 4. The molecule has 1 heterocycles. The minimum Gasteiger partial charge on any atom is -0.462 e. The van der Waals surface area contributed by atoms with Crippen molar-refractivity contribution in [2.45, 2.75) is 20.3 Å². The van der Waals surface area contributed by atoms with Crippen LogP contribution in [0.25, 0.3) is 5.57 Å². The van der Waals surface area contributed by atoms with Crippen LogP contribution in [0.5, 0.6) is 0 Å². The summed E-state index contributed by atoms with van der Waals surface area (Å²) in [5, 5.41) is 0. The number of hydrogen-bond donors (Lipinski definition) is 0. The highest BCUT2D eigenvalue weighted by Crippen LogP contribution is 2.29. The van der Waals surface area contributed by atoms with E-state index in [1.807, 2.05) is 13.0 Å². The Bertz CT molecular complexity index is 355. The van der Waals surface area contributed by atoms with Gasteiger partial charge in [0.25, 0.3) is 0 Å². The summed E-state index contributed by atoms with van der Waals surface area (Å²) in [7, 11) is 0. The van der Waals surface area contributed by atoms with Crippen molar-refractivity contribution in [2.75, 3.05) is 0 Å². The summed E-state index contributed by atoms with van der Waals surface area (Å²) in [5.41, 5.74) is 1.32. The first-order chi connectivity index (χ1) is 6.27. The van der Waals surface area contributed by atoms with Crippen LogP contribution in [0, 0.1) is 12.8 Å². The van der Waals surface area contributed by atoms with Crippen molar-refractivity contribution < 1.29 is 4.42 Å². The van der Waals surface area contributed by atoms with Gasteiger partial charge in [-0.25, -0.2) is 0 Å². The topological polar surface area (TPSA) is 13.1 Å². The summed E-state index contributed by atoms with van der Waals surface area (Å²) >= 11 is 0. The standard InChI is InChI=1S/C12H14O/c1-9-5-3-4-6-11(9)12-8-7-10(2)13-12/h3-4,6-9H,5H2,1-2H3. The van der Waals surface area contributed by atoms with Crippen molar-refractivity contribution in [2.24, 2.45) is 5.92 Å². The van der Waals surface area contributed by atoms with E-state index in [-0.39, 0.29) is 0 Å². The van der Waals surface area contributed by atoms with E-state index in [1.165, 1.54) is 5.57 Å². The molecule has 0 bridgehead atoms. The van der Waals surface area contributed by atoms with Crippen LogP contribution in [0.15, 0.2) is 34.8 Å². The SMILES string of the molecule is Cc1ccc(C2=CC=CCC2C)o1. The Morgan fingerprint density at radius 3 is 2.85 bits per heavy atom. The molecule has 1 aromatic heterocycles. The highest BCUT2D eigenvalue weighted by molar-refractivity contribution is 5.66. The lowest BCUT2D eigenvalue weighted by Gasteiger charge is -2.14. The molecule has 0 amide bonds. The van der Waals surface area contributed by atoms with Crippen LogP contribution in [0.4, 0.5) is 0 Å². The maximum Gasteiger partial charge on any atom is 0.130 e. The first-order valence-electron chi connectivity index (χ1n) is 4.71. The van der Waals surface area contributed by atoms with Crippen LogP contribution in [-0.4, -0.2) is 0 Å². The smallest absolute Gasteiger partial charge is 0.130 e. The molecular formula is C12H14O. The lowest BCUT2D eigenvalue weighted by Crippen LogP contribution is -1.99. The molecule has 1 heteroatoms. The quantitative estimate of drug-likeness (QED) is 0.634. The van der Waals surface area contributed by atoms with E-state index in [4.69, 9.17) is 4.42 Å². The van der Waals surface area contributed by atoms with Gasteiger partial charge in [0.1, 0.15) is 11.5 Å². The first-order valence-corrected chi connectivity index (χ1v) is 4.71. The summed E-state index contributed by atoms with van der Waals surface area (Å²) < 4.78 is 5.59. The van der Waals surface area contributed by atoms with Gasteiger partial charge in [0, 0.05) is 0 Å². The lowest BCUT2D eigenvalue weighted by atomic mass is 9.92. The average Bonchev–Trinajstić information content (AvgIpc) is 2.53. The predicted molar refractivity (Wildman–Crippen MR) is 54.3 cm³/mol. The van der Waals surface area contributed by atoms with E-state index in [0.717, 1.165) is 17.9 Å². The zero-order chi connectivity index (χ0) is 9.26. The van der Waals surface area contributed by atoms with Crippen LogP contribution in [0.3, 0.4) is 0 Å². The molecule has 13 heavy (non-hydrogen) atoms. The zero-order valence-corrected chi connectivity index (χ0v) is 8.08. The van der Waals surface area contributed by atoms with Crippen LogP contribution >= 0.6 is 0 Å². The van der Waals surface area contributed by atoms with Crippen molar-refractivity contribution in [3.05, 3.63) is 41.9 Å². The molecule has 1 aliphatic carbocycles. The maximum absolute atomic E-state index is 5.59. The fourth-order valence-corrected chi connectivity index (χ4v) is 1.66. The van der Waals surface area contributed by atoms with E-state index < -0.39 is 0 Å². The summed E-state index contributed by atoms with van der Waals surface area (Å²) in [6.07, 6.45) is 7.56. The van der Waals surface area contributed by atoms with Crippen LogP contribution in [0.1, 0.15) is 24.9 Å². The van der Waals surface area contributed by atoms with Crippen molar-refractivity contribution in [1.82, 2.24) is 0 Å². The summed E-state index contributed by atoms with van der Waals surface area (Å²) in [4.78, 5) is 0. The maximum atomic E-state index is 5.59. The molecule has 1 unspecified atom stereocenters. The van der Waals surface area contributed by atoms with Crippen molar-refractivity contribution in [3.8, 4) is 0 Å². The fraction of sp³-hybridized carbons (Fsp3) is 0.333. The number of aryl methyl sites for hydroxylation is 1. The Morgan fingerprint density at radius 1 is 1.38 bits per heavy atom. The Hall–Kier alpha value is -1.24. The normalized spacial score (nSPS) is 21.7. The third-order valence-corrected chi connectivity index (χ3v) is 2.46. The second kappa shape index (κ2) is 3.25. The van der Waals surface area contributed by atoms with Gasteiger partial charge >= 0.3 is 0 Å². The van der Waals surface area contributed by atoms with Crippen LogP contribution in [0.2, 0.25) is 0 Å². The summed E-state index contributed by atoms with van der Waals surface area (Å²) in [5.74, 6) is 2.59. The number of rotatable bonds is 1. The number of furan rings is 1. The van der Waals surface area contributed by atoms with Gasteiger partial charge in [-0.3, -0.25) is 0 Å². The van der Waals surface area contributed by atoms with E-state index in [2.05, 4.69) is 31.2 Å². The Morgan fingerprint density at radius 2 is 2.23 bits per heavy atom. The average molecular weight is 174 g/mol. The third kappa shape index (κ3) is 1.59. The van der Waals surface area contributed by atoms with Gasteiger partial charge in [-0.15, -0.1) is 0 Å². The van der Waals surface area contributed by atoms with Gasteiger partial charge in [-0.1, -0.05) is 25.2 Å². The molecule has 68 valence electrons. The van der Waals surface area contributed by atoms with Gasteiger partial charge in [-0.2, -0.15) is 0 Å². The van der Waals surface area contributed by atoms with Crippen LogP contribution < -0.4 is 0 Å². The molecule has 0 aromatic carbocycles. The molecule has 0 fully saturated rings. The monoisotopic (exact) mass is 174 g/mol. The van der Waals surface area contributed by atoms with Gasteiger partial charge in [-0.05, 0) is 37.0 Å². The highest BCUT2D eigenvalue weighted by atomic mass is 16.3. The van der Waals surface area contributed by atoms with Gasteiger partial charge in [0.2, 0.25) is 0 Å². The Balaban J connectivity index is 2.34. The minimum atomic E-state index is 0.579. The second-order valence-electron chi connectivity index (χ2n) is 3.60. The van der Waals surface area contributed by atoms with Gasteiger partial charge < -0.3 is 4.42 Å². The second-order valence-corrected chi connectivity index (χ2v) is 3.60. The van der Waals surface area contributed by atoms with Crippen LogP contribution in [-0.2, 0) is 0 Å². The molecule has 0 N–H and O–H groups in total. The first kappa shape index (κ1) is 8.36. The Labute approximate surface area is 78.8 Å². The van der Waals surface area contributed by atoms with Gasteiger partial charge in [0.15, 0.2) is 0 Å². The molecule has 1 aromatic rings. The van der Waals surface area contributed by atoms with Crippen molar-refractivity contribution in [1.29, 1.82) is 0 Å². The largest absolute Gasteiger partial charge is 0.462 e. The van der Waals surface area contributed by atoms with E-state index in [1.54, 1.807) is 0 Å². The van der Waals surface area contributed by atoms with E-state index in [9.17, 15) is 0 Å². The molecular weight excluding hydrogens is 160 g/mol. The number of hydrogen-bond acceptors (Lipinski definition) is 1. The molecule has 0 saturated heterocycles. The third-order valence-electron chi connectivity index (χ3n) is 2.46. The molecule has 0 spiro atoms. The lowest BCUT2D eigenvalue weighted by molar-refractivity contribution is 0.512. The van der Waals surface area contributed by atoms with Gasteiger partial charge in [0.05, 0.1) is 0 Å². The van der Waals surface area contributed by atoms with Crippen molar-refractivity contribution in [3.63, 3.8) is 0 Å². The molecule has 1 nitrogen and oxygen atoms in total. The molecule has 0 aliphatic heterocycles. The molecule has 0 radical (unpaired) electrons. The summed E-state index contributed by atoms with van der Waals surface area (Å²) in [6, 6.07) is 4.07. The molecule has 2 rings (SSSR count). The Kier molecular flexibility index (Phi) is 2.09. The fourth-order valence-electron chi connectivity index (χ4n) is 1.66. The minimum absolute atomic E-state index is 0.579. The molecule has 0 saturated carbocycles. The van der Waals surface area contributed by atoms with E-state index in [0.29, 0.717) is 5.92 Å². The summed E-state index contributed by atoms with van der Waals surface area (Å²) in [6.45, 7) is 4.21. The predicted octanol–water partition coefficient (Wildman–Crippen LogP) is 3.57. The zero-order valence-electron chi connectivity index (χ0n) is 8.08. The molecule has 1 aliphatic rings. The highest BCUT2D eigenvalue weighted by Gasteiger charge is 2.14. The van der Waals surface area contributed by atoms with Crippen molar-refractivity contribution >= 4 is 5.57 Å². The molecule has 1 atom stereocenters.